The van der Waals surface area contributed by atoms with Crippen molar-refractivity contribution in [2.45, 2.75) is 40.7 Å². The molecule has 0 bridgehead atoms. The van der Waals surface area contributed by atoms with Crippen molar-refractivity contribution >= 4 is 33.1 Å². The molecule has 130 valence electrons. The summed E-state index contributed by atoms with van der Waals surface area (Å²) in [6.45, 7) is 8.28. The number of thiophene rings is 1. The Morgan fingerprint density at radius 1 is 1.20 bits per heavy atom. The number of nitrogens with one attached hydrogen (secondary N) is 1. The van der Waals surface area contributed by atoms with Gasteiger partial charge in [0.05, 0.1) is 11.7 Å². The summed E-state index contributed by atoms with van der Waals surface area (Å²) in [6.07, 6.45) is 1.76. The summed E-state index contributed by atoms with van der Waals surface area (Å²) in [7, 11) is 0. The van der Waals surface area contributed by atoms with E-state index in [0.29, 0.717) is 11.9 Å². The van der Waals surface area contributed by atoms with Crippen LogP contribution in [0.2, 0.25) is 0 Å². The highest BCUT2D eigenvalue weighted by molar-refractivity contribution is 7.18. The van der Waals surface area contributed by atoms with Crippen molar-refractivity contribution in [2.75, 3.05) is 5.32 Å². The Balaban J connectivity index is 1.73. The Labute approximate surface area is 150 Å². The Morgan fingerprint density at radius 3 is 2.68 bits per heavy atom. The molecular formula is C19H21N3O2S. The number of hydrogen-bond donors (Lipinski definition) is 1. The van der Waals surface area contributed by atoms with Gasteiger partial charge in [-0.15, -0.1) is 11.3 Å². The summed E-state index contributed by atoms with van der Waals surface area (Å²) in [5.74, 6) is -0.117. The molecule has 1 amide bonds. The molecule has 0 spiro atoms. The highest BCUT2D eigenvalue weighted by Gasteiger charge is 2.12. The molecule has 2 heterocycles. The predicted octanol–water partition coefficient (Wildman–Crippen LogP) is 3.72. The van der Waals surface area contributed by atoms with Gasteiger partial charge in [-0.05, 0) is 56.5 Å². The number of aromatic nitrogens is 2. The first-order valence-electron chi connectivity index (χ1n) is 8.19. The van der Waals surface area contributed by atoms with Crippen LogP contribution in [-0.2, 0) is 11.3 Å². The number of aryl methyl sites for hydroxylation is 5. The van der Waals surface area contributed by atoms with Crippen LogP contribution >= 0.6 is 11.3 Å². The summed E-state index contributed by atoms with van der Waals surface area (Å²) in [5.41, 5.74) is 3.99. The molecule has 1 N–H and O–H groups in total. The second-order valence-electron chi connectivity index (χ2n) is 6.30. The van der Waals surface area contributed by atoms with Gasteiger partial charge in [-0.2, -0.15) is 0 Å². The number of carbonyl (C=O) groups excluding carboxylic acids is 1. The highest BCUT2D eigenvalue weighted by atomic mass is 32.1. The van der Waals surface area contributed by atoms with Gasteiger partial charge in [-0.3, -0.25) is 14.2 Å². The summed E-state index contributed by atoms with van der Waals surface area (Å²) in [6, 6.07) is 5.82. The molecule has 6 heteroatoms. The van der Waals surface area contributed by atoms with E-state index in [2.05, 4.69) is 10.3 Å². The lowest BCUT2D eigenvalue weighted by atomic mass is 10.1. The molecule has 0 saturated heterocycles. The van der Waals surface area contributed by atoms with Crippen LogP contribution in [0, 0.1) is 27.7 Å². The fourth-order valence-corrected chi connectivity index (χ4v) is 3.68. The van der Waals surface area contributed by atoms with Gasteiger partial charge >= 0.3 is 0 Å². The van der Waals surface area contributed by atoms with Gasteiger partial charge in [0.25, 0.3) is 5.56 Å². The fourth-order valence-electron chi connectivity index (χ4n) is 2.69. The third-order valence-corrected chi connectivity index (χ3v) is 5.64. The molecule has 3 rings (SSSR count). The lowest BCUT2D eigenvalue weighted by Gasteiger charge is -2.09. The van der Waals surface area contributed by atoms with E-state index >= 15 is 0 Å². The van der Waals surface area contributed by atoms with Crippen LogP contribution in [0.3, 0.4) is 0 Å². The molecule has 0 saturated carbocycles. The quantitative estimate of drug-likeness (QED) is 0.776. The number of carbonyl (C=O) groups is 1. The Bertz CT molecular complexity index is 1020. The first-order valence-corrected chi connectivity index (χ1v) is 9.00. The summed E-state index contributed by atoms with van der Waals surface area (Å²) >= 11 is 1.53. The number of fused-ring (bicyclic) bond motifs is 1. The maximum absolute atomic E-state index is 12.6. The molecule has 1 aromatic carbocycles. The maximum Gasteiger partial charge on any atom is 0.262 e. The molecule has 2 aromatic heterocycles. The van der Waals surface area contributed by atoms with Crippen LogP contribution < -0.4 is 10.9 Å². The minimum Gasteiger partial charge on any atom is -0.326 e. The van der Waals surface area contributed by atoms with Crippen molar-refractivity contribution in [3.05, 3.63) is 56.4 Å². The molecule has 0 atom stereocenters. The molecule has 0 aliphatic rings. The molecule has 25 heavy (non-hydrogen) atoms. The minimum absolute atomic E-state index is 0.0779. The van der Waals surface area contributed by atoms with Crippen LogP contribution in [0.4, 0.5) is 5.69 Å². The summed E-state index contributed by atoms with van der Waals surface area (Å²) < 4.78 is 1.52. The van der Waals surface area contributed by atoms with E-state index in [9.17, 15) is 9.59 Å². The zero-order chi connectivity index (χ0) is 18.1. The van der Waals surface area contributed by atoms with E-state index in [1.807, 2.05) is 45.9 Å². The van der Waals surface area contributed by atoms with Crippen molar-refractivity contribution in [3.63, 3.8) is 0 Å². The average Bonchev–Trinajstić information content (AvgIpc) is 2.86. The zero-order valence-electron chi connectivity index (χ0n) is 14.8. The van der Waals surface area contributed by atoms with Crippen molar-refractivity contribution in [2.24, 2.45) is 0 Å². The van der Waals surface area contributed by atoms with E-state index in [-0.39, 0.29) is 17.9 Å². The van der Waals surface area contributed by atoms with Crippen molar-refractivity contribution < 1.29 is 4.79 Å². The van der Waals surface area contributed by atoms with Gasteiger partial charge in [0.2, 0.25) is 5.91 Å². The second kappa shape index (κ2) is 6.80. The monoisotopic (exact) mass is 355 g/mol. The number of anilines is 1. The van der Waals surface area contributed by atoms with Crippen LogP contribution in [-0.4, -0.2) is 15.5 Å². The van der Waals surface area contributed by atoms with E-state index in [1.165, 1.54) is 27.8 Å². The molecule has 3 aromatic rings. The minimum atomic E-state index is -0.117. The number of nitrogens with zero attached hydrogens (tertiary/aromatic N) is 2. The number of hydrogen-bond acceptors (Lipinski definition) is 4. The van der Waals surface area contributed by atoms with Gasteiger partial charge < -0.3 is 5.32 Å². The summed E-state index contributed by atoms with van der Waals surface area (Å²) in [4.78, 5) is 31.0. The third kappa shape index (κ3) is 3.49. The van der Waals surface area contributed by atoms with Crippen LogP contribution in [0.15, 0.2) is 29.3 Å². The zero-order valence-corrected chi connectivity index (χ0v) is 15.7. The number of benzene rings is 1. The van der Waals surface area contributed by atoms with Crippen LogP contribution in [0.25, 0.3) is 10.2 Å². The predicted molar refractivity (Wildman–Crippen MR) is 103 cm³/mol. The number of rotatable bonds is 4. The third-order valence-electron chi connectivity index (χ3n) is 4.53. The fraction of sp³-hybridized carbons (Fsp3) is 0.316. The summed E-state index contributed by atoms with van der Waals surface area (Å²) in [5, 5.41) is 3.55. The van der Waals surface area contributed by atoms with Gasteiger partial charge in [-0.1, -0.05) is 6.07 Å². The van der Waals surface area contributed by atoms with Crippen molar-refractivity contribution in [1.29, 1.82) is 0 Å². The van der Waals surface area contributed by atoms with Gasteiger partial charge in [0.15, 0.2) is 0 Å². The topological polar surface area (TPSA) is 64.0 Å². The van der Waals surface area contributed by atoms with Crippen molar-refractivity contribution in [1.82, 2.24) is 9.55 Å². The van der Waals surface area contributed by atoms with E-state index in [1.54, 1.807) is 0 Å². The number of amides is 1. The first kappa shape index (κ1) is 17.4. The Kier molecular flexibility index (Phi) is 4.72. The highest BCUT2D eigenvalue weighted by Crippen LogP contribution is 2.25. The van der Waals surface area contributed by atoms with Gasteiger partial charge in [0.1, 0.15) is 4.83 Å². The molecule has 0 fully saturated rings. The Hall–Kier alpha value is -2.47. The molecular weight excluding hydrogens is 334 g/mol. The lowest BCUT2D eigenvalue weighted by molar-refractivity contribution is -0.116. The van der Waals surface area contributed by atoms with E-state index < -0.39 is 0 Å². The molecule has 5 nitrogen and oxygen atoms in total. The molecule has 0 unspecified atom stereocenters. The average molecular weight is 355 g/mol. The SMILES string of the molecule is Cc1ccc(NC(=O)CCn2cnc3sc(C)c(C)c3c2=O)cc1C. The van der Waals surface area contributed by atoms with Gasteiger partial charge in [0, 0.05) is 23.5 Å². The van der Waals surface area contributed by atoms with Crippen molar-refractivity contribution in [3.8, 4) is 0 Å². The standard InChI is InChI=1S/C19H21N3O2S/c1-11-5-6-15(9-12(11)2)21-16(23)7-8-22-10-20-18-17(19(22)24)13(3)14(4)25-18/h5-6,9-10H,7-8H2,1-4H3,(H,21,23). The molecule has 0 radical (unpaired) electrons. The smallest absolute Gasteiger partial charge is 0.262 e. The maximum atomic E-state index is 12.6. The van der Waals surface area contributed by atoms with Gasteiger partial charge in [-0.25, -0.2) is 4.98 Å². The normalized spacial score (nSPS) is 11.0. The van der Waals surface area contributed by atoms with E-state index in [4.69, 9.17) is 0 Å². The molecule has 0 aliphatic heterocycles. The molecule has 0 aliphatic carbocycles. The first-order chi connectivity index (χ1) is 11.9. The second-order valence-corrected chi connectivity index (χ2v) is 7.51. The Morgan fingerprint density at radius 2 is 1.96 bits per heavy atom. The van der Waals surface area contributed by atoms with Crippen LogP contribution in [0.5, 0.6) is 0 Å². The lowest BCUT2D eigenvalue weighted by Crippen LogP contribution is -2.23. The van der Waals surface area contributed by atoms with E-state index in [0.717, 1.165) is 26.5 Å². The largest absolute Gasteiger partial charge is 0.326 e. The van der Waals surface area contributed by atoms with Crippen LogP contribution in [0.1, 0.15) is 28.0 Å².